The van der Waals surface area contributed by atoms with Crippen molar-refractivity contribution in [3.8, 4) is 0 Å². The average Bonchev–Trinajstić information content (AvgIpc) is 2.72. The van der Waals surface area contributed by atoms with Crippen LogP contribution < -0.4 is 0 Å². The molecule has 0 aliphatic rings. The van der Waals surface area contributed by atoms with Crippen molar-refractivity contribution < 1.29 is 0 Å². The Hall–Kier alpha value is -1.00. The Labute approximate surface area is 132 Å². The summed E-state index contributed by atoms with van der Waals surface area (Å²) in [5.74, 6) is 2.34. The lowest BCUT2D eigenvalue weighted by Gasteiger charge is -2.29. The van der Waals surface area contributed by atoms with Crippen LogP contribution in [0.15, 0.2) is 24.3 Å². The maximum Gasteiger partial charge on any atom is 0.110 e. The van der Waals surface area contributed by atoms with Gasteiger partial charge in [-0.25, -0.2) is 4.98 Å². The zero-order valence-electron chi connectivity index (χ0n) is 13.9. The second-order valence-electron chi connectivity index (χ2n) is 6.75. The molecule has 0 radical (unpaired) electrons. The van der Waals surface area contributed by atoms with E-state index in [0.29, 0.717) is 0 Å². The predicted molar refractivity (Wildman–Crippen MR) is 94.2 cm³/mol. The van der Waals surface area contributed by atoms with E-state index in [2.05, 4.69) is 67.9 Å². The summed E-state index contributed by atoms with van der Waals surface area (Å²) in [5.41, 5.74) is 2.61. The van der Waals surface area contributed by atoms with Crippen LogP contribution in [0.3, 0.4) is 0 Å². The van der Waals surface area contributed by atoms with Gasteiger partial charge in [-0.15, -0.1) is 0 Å². The minimum absolute atomic E-state index is 0.223. The molecule has 4 heteroatoms. The molecular formula is C17H27N3S. The van der Waals surface area contributed by atoms with E-state index in [-0.39, 0.29) is 5.41 Å². The Morgan fingerprint density at radius 3 is 2.62 bits per heavy atom. The van der Waals surface area contributed by atoms with Gasteiger partial charge in [0.25, 0.3) is 0 Å². The van der Waals surface area contributed by atoms with E-state index >= 15 is 0 Å². The largest absolute Gasteiger partial charge is 0.327 e. The first-order valence-electron chi connectivity index (χ1n) is 7.51. The smallest absolute Gasteiger partial charge is 0.110 e. The highest BCUT2D eigenvalue weighted by Crippen LogP contribution is 2.25. The number of rotatable bonds is 7. The summed E-state index contributed by atoms with van der Waals surface area (Å²) in [6.45, 7) is 6.75. The molecule has 0 atom stereocenters. The highest BCUT2D eigenvalue weighted by Gasteiger charge is 2.22. The van der Waals surface area contributed by atoms with Gasteiger partial charge in [0.05, 0.1) is 11.0 Å². The first-order valence-corrected chi connectivity index (χ1v) is 8.90. The van der Waals surface area contributed by atoms with Crippen molar-refractivity contribution in [3.05, 3.63) is 30.1 Å². The molecule has 21 heavy (non-hydrogen) atoms. The maximum atomic E-state index is 4.85. The van der Waals surface area contributed by atoms with Crippen LogP contribution in [0.4, 0.5) is 0 Å². The zero-order valence-corrected chi connectivity index (χ0v) is 14.7. The molecule has 0 fully saturated rings. The van der Waals surface area contributed by atoms with Crippen molar-refractivity contribution in [1.29, 1.82) is 0 Å². The van der Waals surface area contributed by atoms with Crippen molar-refractivity contribution in [3.63, 3.8) is 0 Å². The number of hydrogen-bond acceptors (Lipinski definition) is 3. The number of nitrogens with zero attached hydrogens (tertiary/aromatic N) is 3. The number of thioether (sulfide) groups is 1. The van der Waals surface area contributed by atoms with E-state index in [1.807, 2.05) is 11.8 Å². The summed E-state index contributed by atoms with van der Waals surface area (Å²) < 4.78 is 2.43. The topological polar surface area (TPSA) is 21.1 Å². The van der Waals surface area contributed by atoms with Crippen LogP contribution >= 0.6 is 11.8 Å². The van der Waals surface area contributed by atoms with E-state index in [1.165, 1.54) is 11.3 Å². The van der Waals surface area contributed by atoms with E-state index in [1.54, 1.807) is 0 Å². The molecule has 0 aliphatic carbocycles. The van der Waals surface area contributed by atoms with Gasteiger partial charge in [0, 0.05) is 25.3 Å². The molecule has 0 saturated heterocycles. The third-order valence-corrected chi connectivity index (χ3v) is 4.21. The maximum absolute atomic E-state index is 4.85. The second-order valence-corrected chi connectivity index (χ2v) is 7.73. The van der Waals surface area contributed by atoms with Crippen LogP contribution in [-0.4, -0.2) is 47.1 Å². The SMILES string of the molecule is CSCCc1nc2ccccc2n1CC(C)(C)CN(C)C. The lowest BCUT2D eigenvalue weighted by Crippen LogP contribution is -2.32. The monoisotopic (exact) mass is 305 g/mol. The number of imidazole rings is 1. The number of aromatic nitrogens is 2. The minimum Gasteiger partial charge on any atom is -0.327 e. The van der Waals surface area contributed by atoms with Crippen molar-refractivity contribution in [2.24, 2.45) is 5.41 Å². The standard InChI is InChI=1S/C17H27N3S/c1-17(2,12-19(3)4)13-20-15-9-7-6-8-14(15)18-16(20)10-11-21-5/h6-9H,10-13H2,1-5H3. The molecule has 2 aromatic rings. The molecule has 2 rings (SSSR count). The van der Waals surface area contributed by atoms with Crippen LogP contribution in [0.25, 0.3) is 11.0 Å². The summed E-state index contributed by atoms with van der Waals surface area (Å²) >= 11 is 1.88. The van der Waals surface area contributed by atoms with E-state index in [4.69, 9.17) is 4.98 Å². The van der Waals surface area contributed by atoms with Gasteiger partial charge >= 0.3 is 0 Å². The predicted octanol–water partition coefficient (Wildman–Crippen LogP) is 3.53. The number of fused-ring (bicyclic) bond motifs is 1. The lowest BCUT2D eigenvalue weighted by atomic mass is 9.92. The lowest BCUT2D eigenvalue weighted by molar-refractivity contribution is 0.211. The molecule has 0 aliphatic heterocycles. The molecule has 0 bridgehead atoms. The fourth-order valence-electron chi connectivity index (χ4n) is 3.02. The fourth-order valence-corrected chi connectivity index (χ4v) is 3.41. The molecule has 0 unspecified atom stereocenters. The Bertz CT molecular complexity index is 587. The molecule has 1 aromatic heterocycles. The van der Waals surface area contributed by atoms with Crippen LogP contribution in [0, 0.1) is 5.41 Å². The fraction of sp³-hybridized carbons (Fsp3) is 0.588. The van der Waals surface area contributed by atoms with Gasteiger partial charge in [0.15, 0.2) is 0 Å². The number of benzene rings is 1. The van der Waals surface area contributed by atoms with Crippen LogP contribution in [-0.2, 0) is 13.0 Å². The van der Waals surface area contributed by atoms with E-state index in [0.717, 1.165) is 30.8 Å². The molecular weight excluding hydrogens is 278 g/mol. The van der Waals surface area contributed by atoms with Gasteiger partial charge in [0.2, 0.25) is 0 Å². The van der Waals surface area contributed by atoms with Crippen molar-refractivity contribution in [2.75, 3.05) is 32.6 Å². The minimum atomic E-state index is 0.223. The molecule has 1 heterocycles. The van der Waals surface area contributed by atoms with Gasteiger partial charge < -0.3 is 9.47 Å². The summed E-state index contributed by atoms with van der Waals surface area (Å²) in [6.07, 6.45) is 3.19. The van der Waals surface area contributed by atoms with Crippen molar-refractivity contribution in [1.82, 2.24) is 14.5 Å². The van der Waals surface area contributed by atoms with Crippen LogP contribution in [0.2, 0.25) is 0 Å². The average molecular weight is 305 g/mol. The van der Waals surface area contributed by atoms with Gasteiger partial charge in [0.1, 0.15) is 5.82 Å². The summed E-state index contributed by atoms with van der Waals surface area (Å²) in [7, 11) is 4.28. The highest BCUT2D eigenvalue weighted by molar-refractivity contribution is 7.98. The number of hydrogen-bond donors (Lipinski definition) is 0. The van der Waals surface area contributed by atoms with Gasteiger partial charge in [-0.3, -0.25) is 0 Å². The Balaban J connectivity index is 2.35. The molecule has 116 valence electrons. The van der Waals surface area contributed by atoms with E-state index < -0.39 is 0 Å². The van der Waals surface area contributed by atoms with Crippen LogP contribution in [0.1, 0.15) is 19.7 Å². The molecule has 0 spiro atoms. The Kier molecular flexibility index (Phi) is 5.33. The summed E-state index contributed by atoms with van der Waals surface area (Å²) in [6, 6.07) is 8.49. The van der Waals surface area contributed by atoms with Gasteiger partial charge in [-0.05, 0) is 37.9 Å². The van der Waals surface area contributed by atoms with Crippen molar-refractivity contribution in [2.45, 2.75) is 26.8 Å². The van der Waals surface area contributed by atoms with Crippen LogP contribution in [0.5, 0.6) is 0 Å². The first kappa shape index (κ1) is 16.4. The number of para-hydroxylation sites is 2. The first-order chi connectivity index (χ1) is 9.93. The highest BCUT2D eigenvalue weighted by atomic mass is 32.2. The Morgan fingerprint density at radius 2 is 1.95 bits per heavy atom. The summed E-state index contributed by atoms with van der Waals surface area (Å²) in [4.78, 5) is 7.11. The quantitative estimate of drug-likeness (QED) is 0.781. The second kappa shape index (κ2) is 6.84. The van der Waals surface area contributed by atoms with Gasteiger partial charge in [-0.2, -0.15) is 11.8 Å². The molecule has 3 nitrogen and oxygen atoms in total. The third kappa shape index (κ3) is 4.24. The van der Waals surface area contributed by atoms with Gasteiger partial charge in [-0.1, -0.05) is 26.0 Å². The normalized spacial score (nSPS) is 12.5. The zero-order chi connectivity index (χ0) is 15.5. The Morgan fingerprint density at radius 1 is 1.24 bits per heavy atom. The molecule has 0 amide bonds. The van der Waals surface area contributed by atoms with Crippen molar-refractivity contribution >= 4 is 22.8 Å². The number of aryl methyl sites for hydroxylation is 1. The molecule has 0 saturated carbocycles. The third-order valence-electron chi connectivity index (χ3n) is 3.59. The van der Waals surface area contributed by atoms with E-state index in [9.17, 15) is 0 Å². The molecule has 1 aromatic carbocycles. The molecule has 0 N–H and O–H groups in total. The summed E-state index contributed by atoms with van der Waals surface area (Å²) in [5, 5.41) is 0.